The summed E-state index contributed by atoms with van der Waals surface area (Å²) in [6.07, 6.45) is -3.87. The Labute approximate surface area is 249 Å². The van der Waals surface area contributed by atoms with Crippen LogP contribution in [0.1, 0.15) is 62.4 Å². The SMILES string of the molecule is CC(C)(C)OC(=O)N[C@@H]1CC[C@H](N2CC[C@H](NC(=O)c3cccc(C(F)(F)F)c3)C2=O)[C@H](CS(=O)(=O)c2ccccc2)C1. The molecule has 2 aromatic carbocycles. The van der Waals surface area contributed by atoms with Gasteiger partial charge < -0.3 is 20.3 Å². The van der Waals surface area contributed by atoms with E-state index in [1.807, 2.05) is 0 Å². The molecule has 4 atom stereocenters. The van der Waals surface area contributed by atoms with Gasteiger partial charge in [-0.3, -0.25) is 9.59 Å². The number of sulfone groups is 1. The predicted molar refractivity (Wildman–Crippen MR) is 152 cm³/mol. The van der Waals surface area contributed by atoms with E-state index in [-0.39, 0.29) is 41.6 Å². The van der Waals surface area contributed by atoms with Crippen LogP contribution in [0.2, 0.25) is 0 Å². The molecule has 1 saturated carbocycles. The van der Waals surface area contributed by atoms with Crippen molar-refractivity contribution < 1.29 is 40.7 Å². The van der Waals surface area contributed by atoms with Crippen molar-refractivity contribution in [1.29, 1.82) is 0 Å². The molecule has 0 aromatic heterocycles. The number of carbonyl (C=O) groups is 3. The monoisotopic (exact) mass is 623 g/mol. The minimum Gasteiger partial charge on any atom is -0.444 e. The van der Waals surface area contributed by atoms with Crippen molar-refractivity contribution in [2.75, 3.05) is 12.3 Å². The topological polar surface area (TPSA) is 122 Å². The van der Waals surface area contributed by atoms with Crippen molar-refractivity contribution in [1.82, 2.24) is 15.5 Å². The third-order valence-corrected chi connectivity index (χ3v) is 9.45. The molecule has 2 N–H and O–H groups in total. The molecular weight excluding hydrogens is 587 g/mol. The Balaban J connectivity index is 1.50. The van der Waals surface area contributed by atoms with E-state index < -0.39 is 63.1 Å². The maximum absolute atomic E-state index is 13.5. The Bertz CT molecular complexity index is 1440. The zero-order valence-corrected chi connectivity index (χ0v) is 25.0. The normalized spacial score (nSPS) is 23.1. The predicted octanol–water partition coefficient (Wildman–Crippen LogP) is 4.57. The molecule has 0 unspecified atom stereocenters. The van der Waals surface area contributed by atoms with Crippen LogP contribution in [0, 0.1) is 5.92 Å². The lowest BCUT2D eigenvalue weighted by Crippen LogP contribution is -2.53. The molecule has 2 aromatic rings. The highest BCUT2D eigenvalue weighted by Gasteiger charge is 2.44. The molecule has 0 bridgehead atoms. The second kappa shape index (κ2) is 12.6. The first kappa shape index (κ1) is 32.3. The van der Waals surface area contributed by atoms with Crippen LogP contribution in [0.15, 0.2) is 59.5 Å². The number of hydrogen-bond acceptors (Lipinski definition) is 6. The molecule has 2 fully saturated rings. The van der Waals surface area contributed by atoms with E-state index in [0.29, 0.717) is 12.8 Å². The molecule has 9 nitrogen and oxygen atoms in total. The van der Waals surface area contributed by atoms with Gasteiger partial charge in [-0.05, 0) is 82.7 Å². The first-order valence-electron chi connectivity index (χ1n) is 14.1. The lowest BCUT2D eigenvalue weighted by molar-refractivity contribution is -0.137. The van der Waals surface area contributed by atoms with Crippen LogP contribution in [0.5, 0.6) is 0 Å². The molecule has 43 heavy (non-hydrogen) atoms. The number of halogens is 3. The maximum Gasteiger partial charge on any atom is 0.416 e. The molecule has 0 radical (unpaired) electrons. The Morgan fingerprint density at radius 2 is 1.67 bits per heavy atom. The molecule has 1 heterocycles. The summed E-state index contributed by atoms with van der Waals surface area (Å²) < 4.78 is 71.5. The summed E-state index contributed by atoms with van der Waals surface area (Å²) in [6.45, 7) is 5.45. The summed E-state index contributed by atoms with van der Waals surface area (Å²) in [5.74, 6) is -2.04. The molecule has 2 aliphatic rings. The number of hydrogen-bond donors (Lipinski definition) is 2. The maximum atomic E-state index is 13.5. The van der Waals surface area contributed by atoms with Crippen LogP contribution in [-0.4, -0.2) is 67.2 Å². The van der Waals surface area contributed by atoms with E-state index in [2.05, 4.69) is 10.6 Å². The quantitative estimate of drug-likeness (QED) is 0.466. The Kier molecular flexibility index (Phi) is 9.43. The smallest absolute Gasteiger partial charge is 0.416 e. The van der Waals surface area contributed by atoms with Crippen LogP contribution >= 0.6 is 0 Å². The van der Waals surface area contributed by atoms with Gasteiger partial charge in [0.25, 0.3) is 5.91 Å². The van der Waals surface area contributed by atoms with Crippen LogP contribution in [0.4, 0.5) is 18.0 Å². The van der Waals surface area contributed by atoms with Crippen molar-refractivity contribution >= 4 is 27.7 Å². The third kappa shape index (κ3) is 8.27. The average Bonchev–Trinajstić information content (AvgIpc) is 3.27. The van der Waals surface area contributed by atoms with E-state index in [1.54, 1.807) is 43.9 Å². The van der Waals surface area contributed by atoms with E-state index >= 15 is 0 Å². The van der Waals surface area contributed by atoms with Crippen LogP contribution < -0.4 is 10.6 Å². The molecule has 1 saturated heterocycles. The van der Waals surface area contributed by atoms with Crippen LogP contribution in [0.3, 0.4) is 0 Å². The van der Waals surface area contributed by atoms with E-state index in [0.717, 1.165) is 18.2 Å². The lowest BCUT2D eigenvalue weighted by Gasteiger charge is -2.41. The number of likely N-dealkylation sites (tertiary alicyclic amines) is 1. The Morgan fingerprint density at radius 3 is 2.33 bits per heavy atom. The van der Waals surface area contributed by atoms with Crippen molar-refractivity contribution in [3.63, 3.8) is 0 Å². The van der Waals surface area contributed by atoms with Crippen molar-refractivity contribution in [2.24, 2.45) is 5.92 Å². The first-order valence-corrected chi connectivity index (χ1v) is 15.7. The summed E-state index contributed by atoms with van der Waals surface area (Å²) in [7, 11) is -3.75. The summed E-state index contributed by atoms with van der Waals surface area (Å²) in [5.41, 5.74) is -1.91. The standard InChI is InChI=1S/C30H36F3N3O6S/c1-29(2,3)42-28(39)34-22-12-13-25(20(17-22)18-43(40,41)23-10-5-4-6-11-23)36-15-14-24(27(36)38)35-26(37)19-8-7-9-21(16-19)30(31,32)33/h4-11,16,20,22,24-25H,12-15,17-18H2,1-3H3,(H,34,39)(H,35,37)/t20-,22+,24-,25-/m0/s1. The van der Waals surface area contributed by atoms with Gasteiger partial charge in [0, 0.05) is 24.2 Å². The third-order valence-electron chi connectivity index (χ3n) is 7.60. The zero-order valence-electron chi connectivity index (χ0n) is 24.2. The second-order valence-electron chi connectivity index (χ2n) is 12.0. The van der Waals surface area contributed by atoms with Crippen molar-refractivity contribution in [3.05, 3.63) is 65.7 Å². The van der Waals surface area contributed by atoms with Gasteiger partial charge in [0.05, 0.1) is 16.2 Å². The number of alkyl halides is 3. The van der Waals surface area contributed by atoms with Gasteiger partial charge in [0.2, 0.25) is 5.91 Å². The fourth-order valence-corrected chi connectivity index (χ4v) is 7.38. The van der Waals surface area contributed by atoms with Crippen LogP contribution in [0.25, 0.3) is 0 Å². The zero-order chi connectivity index (χ0) is 31.6. The minimum atomic E-state index is -4.62. The molecule has 4 rings (SSSR count). The second-order valence-corrected chi connectivity index (χ2v) is 14.0. The Hall–Kier alpha value is -3.61. The number of alkyl carbamates (subject to hydrolysis) is 1. The van der Waals surface area contributed by atoms with Gasteiger partial charge in [-0.15, -0.1) is 0 Å². The molecule has 234 valence electrons. The highest BCUT2D eigenvalue weighted by molar-refractivity contribution is 7.91. The first-order chi connectivity index (χ1) is 20.0. The highest BCUT2D eigenvalue weighted by atomic mass is 32.2. The summed E-state index contributed by atoms with van der Waals surface area (Å²) >= 11 is 0. The van der Waals surface area contributed by atoms with Crippen molar-refractivity contribution in [3.8, 4) is 0 Å². The summed E-state index contributed by atoms with van der Waals surface area (Å²) in [5, 5.41) is 5.37. The number of ether oxygens (including phenoxy) is 1. The fourth-order valence-electron chi connectivity index (χ4n) is 5.69. The largest absolute Gasteiger partial charge is 0.444 e. The van der Waals surface area contributed by atoms with Gasteiger partial charge in [-0.1, -0.05) is 24.3 Å². The van der Waals surface area contributed by atoms with Gasteiger partial charge in [0.1, 0.15) is 11.6 Å². The molecule has 13 heteroatoms. The molecule has 1 aliphatic heterocycles. The van der Waals surface area contributed by atoms with Gasteiger partial charge in [0.15, 0.2) is 9.84 Å². The summed E-state index contributed by atoms with van der Waals surface area (Å²) in [4.78, 5) is 40.4. The van der Waals surface area contributed by atoms with E-state index in [4.69, 9.17) is 4.74 Å². The molecule has 1 aliphatic carbocycles. The number of benzene rings is 2. The van der Waals surface area contributed by atoms with E-state index in [1.165, 1.54) is 18.2 Å². The molecular formula is C30H36F3N3O6S. The van der Waals surface area contributed by atoms with E-state index in [9.17, 15) is 36.0 Å². The lowest BCUT2D eigenvalue weighted by atomic mass is 9.81. The average molecular weight is 624 g/mol. The molecule has 3 amide bonds. The number of nitrogens with one attached hydrogen (secondary N) is 2. The molecule has 0 spiro atoms. The Morgan fingerprint density at radius 1 is 0.977 bits per heavy atom. The number of carbonyl (C=O) groups excluding carboxylic acids is 3. The van der Waals surface area contributed by atoms with Gasteiger partial charge in [-0.2, -0.15) is 13.2 Å². The fraction of sp³-hybridized carbons (Fsp3) is 0.500. The number of nitrogens with zero attached hydrogens (tertiary/aromatic N) is 1. The van der Waals surface area contributed by atoms with Gasteiger partial charge in [-0.25, -0.2) is 13.2 Å². The highest BCUT2D eigenvalue weighted by Crippen LogP contribution is 2.34. The van der Waals surface area contributed by atoms with Crippen molar-refractivity contribution in [2.45, 2.75) is 81.3 Å². The minimum absolute atomic E-state index is 0.148. The number of amides is 3. The number of rotatable bonds is 7. The summed E-state index contributed by atoms with van der Waals surface area (Å²) in [6, 6.07) is 10.1. The van der Waals surface area contributed by atoms with Gasteiger partial charge >= 0.3 is 12.3 Å². The van der Waals surface area contributed by atoms with Crippen LogP contribution in [-0.2, 0) is 25.5 Å².